The first-order chi connectivity index (χ1) is 6.61. The van der Waals surface area contributed by atoms with Crippen LogP contribution >= 0.6 is 0 Å². The second-order valence-corrected chi connectivity index (χ2v) is 3.43. The van der Waals surface area contributed by atoms with Crippen LogP contribution in [0.5, 0.6) is 0 Å². The Bertz CT molecular complexity index is 390. The number of rotatable bonds is 2. The first kappa shape index (κ1) is 9.12. The van der Waals surface area contributed by atoms with Gasteiger partial charge in [-0.1, -0.05) is 12.1 Å². The Morgan fingerprint density at radius 1 is 1.43 bits per heavy atom. The van der Waals surface area contributed by atoms with Gasteiger partial charge in [-0.2, -0.15) is 0 Å². The highest BCUT2D eigenvalue weighted by molar-refractivity contribution is 5.75. The molecule has 0 saturated heterocycles. The Morgan fingerprint density at radius 2 is 2.14 bits per heavy atom. The van der Waals surface area contributed by atoms with E-state index in [1.54, 1.807) is 0 Å². The number of carbonyl (C=O) groups is 1. The van der Waals surface area contributed by atoms with E-state index in [0.717, 1.165) is 6.07 Å². The van der Waals surface area contributed by atoms with Gasteiger partial charge in [0.1, 0.15) is 0 Å². The minimum atomic E-state index is -0.946. The average molecular weight is 198 g/mol. The number of halogens is 2. The third kappa shape index (κ3) is 1.36. The van der Waals surface area contributed by atoms with Crippen molar-refractivity contribution in [2.45, 2.75) is 12.3 Å². The molecule has 0 heterocycles. The fourth-order valence-corrected chi connectivity index (χ4v) is 1.62. The zero-order chi connectivity index (χ0) is 10.3. The monoisotopic (exact) mass is 198 g/mol. The summed E-state index contributed by atoms with van der Waals surface area (Å²) in [7, 11) is 0. The molecule has 0 spiro atoms. The first-order valence-corrected chi connectivity index (χ1v) is 4.28. The fourth-order valence-electron chi connectivity index (χ4n) is 1.62. The molecular weight excluding hydrogens is 190 g/mol. The van der Waals surface area contributed by atoms with E-state index in [0.29, 0.717) is 6.42 Å². The van der Waals surface area contributed by atoms with Crippen molar-refractivity contribution in [1.29, 1.82) is 0 Å². The van der Waals surface area contributed by atoms with Crippen LogP contribution in [0.25, 0.3) is 0 Å². The van der Waals surface area contributed by atoms with E-state index in [2.05, 4.69) is 0 Å². The van der Waals surface area contributed by atoms with Crippen LogP contribution in [-0.2, 0) is 4.79 Å². The molecule has 1 aromatic carbocycles. The molecule has 0 unspecified atom stereocenters. The molecule has 14 heavy (non-hydrogen) atoms. The summed E-state index contributed by atoms with van der Waals surface area (Å²) in [6.07, 6.45) is 0.399. The molecule has 0 bridgehead atoms. The van der Waals surface area contributed by atoms with Crippen molar-refractivity contribution < 1.29 is 18.7 Å². The number of aliphatic carboxylic acids is 1. The lowest BCUT2D eigenvalue weighted by atomic mass is 10.1. The summed E-state index contributed by atoms with van der Waals surface area (Å²) >= 11 is 0. The Labute approximate surface area is 79.2 Å². The van der Waals surface area contributed by atoms with Gasteiger partial charge in [0.2, 0.25) is 0 Å². The van der Waals surface area contributed by atoms with E-state index >= 15 is 0 Å². The summed E-state index contributed by atoms with van der Waals surface area (Å²) < 4.78 is 25.9. The predicted octanol–water partition coefficient (Wildman–Crippen LogP) is 2.15. The fraction of sp³-hybridized carbons (Fsp3) is 0.300. The lowest BCUT2D eigenvalue weighted by Crippen LogP contribution is -2.00. The normalized spacial score (nSPS) is 24.7. The number of hydrogen-bond acceptors (Lipinski definition) is 1. The molecule has 1 aliphatic carbocycles. The molecule has 2 nitrogen and oxygen atoms in total. The van der Waals surface area contributed by atoms with Crippen LogP contribution in [0.1, 0.15) is 17.9 Å². The van der Waals surface area contributed by atoms with E-state index in [-0.39, 0.29) is 11.5 Å². The van der Waals surface area contributed by atoms with Gasteiger partial charge in [-0.05, 0) is 18.1 Å². The van der Waals surface area contributed by atoms with Crippen LogP contribution in [0, 0.1) is 17.6 Å². The molecule has 1 aliphatic rings. The maximum absolute atomic E-state index is 13.2. The van der Waals surface area contributed by atoms with Crippen molar-refractivity contribution in [1.82, 2.24) is 0 Å². The lowest BCUT2D eigenvalue weighted by molar-refractivity contribution is -0.138. The quantitative estimate of drug-likeness (QED) is 0.790. The van der Waals surface area contributed by atoms with Gasteiger partial charge in [-0.3, -0.25) is 4.79 Å². The summed E-state index contributed by atoms with van der Waals surface area (Å²) in [6, 6.07) is 3.86. The molecule has 1 N–H and O–H groups in total. The van der Waals surface area contributed by atoms with E-state index in [1.807, 2.05) is 0 Å². The average Bonchev–Trinajstić information content (AvgIpc) is 2.89. The Balaban J connectivity index is 2.27. The molecule has 74 valence electrons. The van der Waals surface area contributed by atoms with E-state index in [1.165, 1.54) is 12.1 Å². The Kier molecular flexibility index (Phi) is 1.98. The van der Waals surface area contributed by atoms with E-state index < -0.39 is 23.5 Å². The van der Waals surface area contributed by atoms with Crippen LogP contribution in [-0.4, -0.2) is 11.1 Å². The molecule has 2 rings (SSSR count). The van der Waals surface area contributed by atoms with Crippen molar-refractivity contribution in [2.75, 3.05) is 0 Å². The SMILES string of the molecule is O=C(O)[C@@H]1C[C@H]1c1cccc(F)c1F. The first-order valence-electron chi connectivity index (χ1n) is 4.28. The summed E-state index contributed by atoms with van der Waals surface area (Å²) in [5, 5.41) is 8.63. The van der Waals surface area contributed by atoms with Gasteiger partial charge in [0, 0.05) is 5.92 Å². The van der Waals surface area contributed by atoms with Gasteiger partial charge < -0.3 is 5.11 Å². The smallest absolute Gasteiger partial charge is 0.307 e. The predicted molar refractivity (Wildman–Crippen MR) is 44.8 cm³/mol. The summed E-state index contributed by atoms with van der Waals surface area (Å²) in [4.78, 5) is 10.5. The molecule has 1 saturated carbocycles. The standard InChI is InChI=1S/C10H8F2O2/c11-8-3-1-2-5(9(8)12)6-4-7(6)10(13)14/h1-3,6-7H,4H2,(H,13,14)/t6-,7+/m0/s1. The molecule has 0 radical (unpaired) electrons. The lowest BCUT2D eigenvalue weighted by Gasteiger charge is -2.01. The van der Waals surface area contributed by atoms with Crippen molar-refractivity contribution >= 4 is 5.97 Å². The van der Waals surface area contributed by atoms with Gasteiger partial charge in [0.15, 0.2) is 11.6 Å². The van der Waals surface area contributed by atoms with Gasteiger partial charge in [0.25, 0.3) is 0 Å². The highest BCUT2D eigenvalue weighted by atomic mass is 19.2. The highest BCUT2D eigenvalue weighted by Gasteiger charge is 2.45. The second kappa shape index (κ2) is 3.04. The zero-order valence-corrected chi connectivity index (χ0v) is 7.21. The molecule has 0 aliphatic heterocycles. The topological polar surface area (TPSA) is 37.3 Å². The van der Waals surface area contributed by atoms with Crippen molar-refractivity contribution in [3.05, 3.63) is 35.4 Å². The third-order valence-corrected chi connectivity index (χ3v) is 2.49. The minimum Gasteiger partial charge on any atom is -0.481 e. The van der Waals surface area contributed by atoms with E-state index in [4.69, 9.17) is 5.11 Å². The highest BCUT2D eigenvalue weighted by Crippen LogP contribution is 2.48. The molecular formula is C10H8F2O2. The summed E-state index contributed by atoms with van der Waals surface area (Å²) in [5.74, 6) is -3.69. The van der Waals surface area contributed by atoms with Crippen molar-refractivity contribution in [2.24, 2.45) is 5.92 Å². The minimum absolute atomic E-state index is 0.178. The van der Waals surface area contributed by atoms with Crippen LogP contribution in [0.4, 0.5) is 8.78 Å². The maximum atomic E-state index is 13.2. The molecule has 0 aromatic heterocycles. The molecule has 1 fully saturated rings. The molecule has 1 aromatic rings. The largest absolute Gasteiger partial charge is 0.481 e. The number of carboxylic acid groups (broad SMARTS) is 1. The van der Waals surface area contributed by atoms with Crippen molar-refractivity contribution in [3.63, 3.8) is 0 Å². The van der Waals surface area contributed by atoms with Crippen LogP contribution < -0.4 is 0 Å². The summed E-state index contributed by atoms with van der Waals surface area (Å²) in [6.45, 7) is 0. The van der Waals surface area contributed by atoms with Gasteiger partial charge in [-0.25, -0.2) is 8.78 Å². The molecule has 0 amide bonds. The number of benzene rings is 1. The Morgan fingerprint density at radius 3 is 2.71 bits per heavy atom. The van der Waals surface area contributed by atoms with Crippen LogP contribution in [0.2, 0.25) is 0 Å². The van der Waals surface area contributed by atoms with E-state index in [9.17, 15) is 13.6 Å². The molecule has 4 heteroatoms. The number of hydrogen-bond donors (Lipinski definition) is 1. The molecule has 2 atom stereocenters. The van der Waals surface area contributed by atoms with Crippen molar-refractivity contribution in [3.8, 4) is 0 Å². The Hall–Kier alpha value is -1.45. The third-order valence-electron chi connectivity index (χ3n) is 2.49. The zero-order valence-electron chi connectivity index (χ0n) is 7.21. The van der Waals surface area contributed by atoms with Crippen LogP contribution in [0.15, 0.2) is 18.2 Å². The van der Waals surface area contributed by atoms with Crippen LogP contribution in [0.3, 0.4) is 0 Å². The van der Waals surface area contributed by atoms with Gasteiger partial charge >= 0.3 is 5.97 Å². The maximum Gasteiger partial charge on any atom is 0.307 e. The van der Waals surface area contributed by atoms with Gasteiger partial charge in [0.05, 0.1) is 5.92 Å². The second-order valence-electron chi connectivity index (χ2n) is 3.43. The summed E-state index contributed by atoms with van der Waals surface area (Å²) in [5.41, 5.74) is 0.178. The van der Waals surface area contributed by atoms with Gasteiger partial charge in [-0.15, -0.1) is 0 Å². The number of carboxylic acids is 1.